The summed E-state index contributed by atoms with van der Waals surface area (Å²) in [6.07, 6.45) is 4.16. The Balaban J connectivity index is 2.15. The van der Waals surface area contributed by atoms with Gasteiger partial charge in [-0.05, 0) is 59.3 Å². The van der Waals surface area contributed by atoms with Crippen molar-refractivity contribution in [3.8, 4) is 11.5 Å². The molecule has 13 heteroatoms. The van der Waals surface area contributed by atoms with Crippen molar-refractivity contribution < 1.29 is 27.4 Å². The van der Waals surface area contributed by atoms with E-state index in [9.17, 15) is 0 Å². The van der Waals surface area contributed by atoms with Gasteiger partial charge in [-0.3, -0.25) is 4.90 Å². The van der Waals surface area contributed by atoms with Crippen LogP contribution < -0.4 is 9.26 Å². The molecular weight excluding hydrogens is 551 g/mol. The molecule has 0 heterocycles. The zero-order valence-electron chi connectivity index (χ0n) is 22.1. The number of nitrogens with zero attached hydrogens (tertiary/aromatic N) is 3. The van der Waals surface area contributed by atoms with Crippen molar-refractivity contribution in [2.45, 2.75) is 5.78 Å². The number of methoxy groups -OCH3 is 1. The van der Waals surface area contributed by atoms with Crippen molar-refractivity contribution in [1.29, 1.82) is 0 Å². The lowest BCUT2D eigenvalue weighted by atomic mass is 10.2. The van der Waals surface area contributed by atoms with E-state index in [2.05, 4.69) is 16.6 Å². The number of hydrogen-bond acceptors (Lipinski definition) is 9. The number of benzene rings is 2. The minimum atomic E-state index is -1.81. The van der Waals surface area contributed by atoms with Crippen LogP contribution in [0.3, 0.4) is 0 Å². The maximum absolute atomic E-state index is 6.04. The van der Waals surface area contributed by atoms with Crippen LogP contribution in [0.5, 0.6) is 11.5 Å². The fourth-order valence-corrected chi connectivity index (χ4v) is 6.79. The summed E-state index contributed by atoms with van der Waals surface area (Å²) < 4.78 is 35.3. The average Bonchev–Trinajstić information content (AvgIpc) is 2.93. The molecule has 204 valence electrons. The summed E-state index contributed by atoms with van der Waals surface area (Å²) in [5.41, 5.74) is 1.95. The quantitative estimate of drug-likeness (QED) is 0.0931. The second kappa shape index (κ2) is 17.2. The van der Waals surface area contributed by atoms with Crippen molar-refractivity contribution in [2.75, 3.05) is 55.4 Å². The summed E-state index contributed by atoms with van der Waals surface area (Å²) in [6.45, 7) is 4.52. The first-order valence-corrected chi connectivity index (χ1v) is 16.3. The smallest absolute Gasteiger partial charge is 0.207 e. The van der Waals surface area contributed by atoms with E-state index in [4.69, 9.17) is 39.2 Å². The third kappa shape index (κ3) is 9.99. The lowest BCUT2D eigenvalue weighted by molar-refractivity contribution is 0.242. The average molecular weight is 588 g/mol. The Kier molecular flexibility index (Phi) is 14.8. The molecule has 0 aliphatic carbocycles. The molecule has 0 radical (unpaired) electrons. The third-order valence-electron chi connectivity index (χ3n) is 5.12. The molecule has 0 aromatic heterocycles. The molecule has 0 aliphatic heterocycles. The largest absolute Gasteiger partial charge is 0.497 e. The van der Waals surface area contributed by atoms with Crippen LogP contribution in [0.4, 0.5) is 0 Å². The zero-order valence-corrected chi connectivity index (χ0v) is 25.7. The van der Waals surface area contributed by atoms with Crippen LogP contribution in [-0.4, -0.2) is 71.3 Å². The van der Waals surface area contributed by atoms with E-state index in [0.29, 0.717) is 18.6 Å². The van der Waals surface area contributed by atoms with Gasteiger partial charge in [-0.1, -0.05) is 18.2 Å². The molecule has 0 saturated heterocycles. The van der Waals surface area contributed by atoms with Crippen molar-refractivity contribution in [3.63, 3.8) is 0 Å². The lowest BCUT2D eigenvalue weighted by Gasteiger charge is -2.35. The van der Waals surface area contributed by atoms with E-state index < -0.39 is 23.8 Å². The Labute approximate surface area is 228 Å². The number of ether oxygens (including phenoxy) is 1. The number of hydrogen-bond donors (Lipinski definition) is 0. The van der Waals surface area contributed by atoms with Crippen LogP contribution in [0, 0.1) is 0 Å². The van der Waals surface area contributed by atoms with Crippen LogP contribution >= 0.6 is 23.8 Å². The maximum atomic E-state index is 6.04. The number of rotatable bonds is 17. The highest BCUT2D eigenvalue weighted by atomic mass is 32.4. The first-order valence-electron chi connectivity index (χ1n) is 11.2. The van der Waals surface area contributed by atoms with E-state index >= 15 is 0 Å². The Hall–Kier alpha value is -1.44. The van der Waals surface area contributed by atoms with Gasteiger partial charge in [0.05, 0.1) is 19.6 Å². The van der Waals surface area contributed by atoms with Gasteiger partial charge in [0, 0.05) is 42.0 Å². The predicted octanol–water partition coefficient (Wildman–Crippen LogP) is 6.20. The summed E-state index contributed by atoms with van der Waals surface area (Å²) in [5.74, 6) is 1.29. The van der Waals surface area contributed by atoms with Gasteiger partial charge in [-0.25, -0.2) is 4.78 Å². The lowest BCUT2D eigenvalue weighted by Crippen LogP contribution is -2.29. The molecule has 2 rings (SSSR count). The first-order chi connectivity index (χ1) is 17.9. The van der Waals surface area contributed by atoms with E-state index in [1.54, 1.807) is 46.5 Å². The molecule has 0 N–H and O–H groups in total. The van der Waals surface area contributed by atoms with Crippen molar-refractivity contribution in [1.82, 2.24) is 9.68 Å². The number of hydrazone groups is 1. The van der Waals surface area contributed by atoms with Crippen LogP contribution in [0.15, 0.2) is 66.3 Å². The van der Waals surface area contributed by atoms with Gasteiger partial charge in [0.25, 0.3) is 0 Å². The van der Waals surface area contributed by atoms with Crippen LogP contribution in [0.1, 0.15) is 16.9 Å². The predicted molar refractivity (Wildman–Crippen MR) is 157 cm³/mol. The van der Waals surface area contributed by atoms with Gasteiger partial charge in [0.1, 0.15) is 17.3 Å². The molecule has 37 heavy (non-hydrogen) atoms. The summed E-state index contributed by atoms with van der Waals surface area (Å²) >= 11 is 5.60. The fraction of sp³-hybridized carbons (Fsp3) is 0.375. The third-order valence-corrected chi connectivity index (χ3v) is 10.4. The minimum absolute atomic E-state index is 0.169. The molecule has 9 nitrogen and oxygen atoms in total. The van der Waals surface area contributed by atoms with Crippen LogP contribution in [0.25, 0.3) is 0 Å². The standard InChI is InChI=1S/C24H36N3O6P3S/c1-8-17-27(19-34(29-4)30-5)24(35(31-6)32-7)21-11-15-23(16-12-21)33-36(37)26(2)25-18-20-9-13-22(28-3)14-10-20/h8-16,18,24,36H,1,17,19H2,2-7H3/b25-18+. The van der Waals surface area contributed by atoms with Gasteiger partial charge in [-0.2, -0.15) is 5.10 Å². The minimum Gasteiger partial charge on any atom is -0.497 e. The second-order valence-electron chi connectivity index (χ2n) is 7.40. The van der Waals surface area contributed by atoms with Crippen LogP contribution in [0.2, 0.25) is 0 Å². The van der Waals surface area contributed by atoms with Crippen molar-refractivity contribution in [2.24, 2.45) is 5.10 Å². The van der Waals surface area contributed by atoms with E-state index in [1.165, 1.54) is 0 Å². The monoisotopic (exact) mass is 587 g/mol. The molecule has 0 saturated carbocycles. The normalized spacial score (nSPS) is 13.3. The summed E-state index contributed by atoms with van der Waals surface area (Å²) in [7, 11) is 5.86. The van der Waals surface area contributed by atoms with Gasteiger partial charge >= 0.3 is 0 Å². The highest BCUT2D eigenvalue weighted by Gasteiger charge is 2.32. The Bertz CT molecular complexity index is 992. The Morgan fingerprint density at radius 1 is 0.946 bits per heavy atom. The molecule has 2 aromatic carbocycles. The summed E-state index contributed by atoms with van der Waals surface area (Å²) in [6, 6.07) is 15.4. The Morgan fingerprint density at radius 3 is 2.05 bits per heavy atom. The Morgan fingerprint density at radius 2 is 1.54 bits per heavy atom. The van der Waals surface area contributed by atoms with Crippen molar-refractivity contribution >= 4 is 41.8 Å². The molecule has 0 spiro atoms. The molecule has 0 amide bonds. The van der Waals surface area contributed by atoms with Gasteiger partial charge in [0.2, 0.25) is 7.07 Å². The highest BCUT2D eigenvalue weighted by molar-refractivity contribution is 8.02. The topological polar surface area (TPSA) is 74.2 Å². The SMILES string of the molecule is C=CCN(CP(OC)OC)C(c1ccc(O[PH](=S)N(C)/N=C/c2ccc(OC)cc2)cc1)P(OC)OC. The molecular formula is C24H36N3O6P3S. The molecule has 0 bridgehead atoms. The molecule has 0 fully saturated rings. The second-order valence-corrected chi connectivity index (χ2v) is 13.3. The van der Waals surface area contributed by atoms with Crippen LogP contribution in [-0.2, 0) is 29.9 Å². The highest BCUT2D eigenvalue weighted by Crippen LogP contribution is 2.55. The molecule has 2 aromatic rings. The van der Waals surface area contributed by atoms with E-state index in [1.807, 2.05) is 61.7 Å². The zero-order chi connectivity index (χ0) is 27.2. The first kappa shape index (κ1) is 31.8. The molecule has 0 aliphatic rings. The van der Waals surface area contributed by atoms with Gasteiger partial charge in [-0.15, -0.1) is 6.58 Å². The molecule has 2 unspecified atom stereocenters. The van der Waals surface area contributed by atoms with Gasteiger partial charge in [0.15, 0.2) is 16.8 Å². The summed E-state index contributed by atoms with van der Waals surface area (Å²) in [4.78, 5) is 2.18. The maximum Gasteiger partial charge on any atom is 0.207 e. The van der Waals surface area contributed by atoms with Crippen molar-refractivity contribution in [3.05, 3.63) is 72.3 Å². The van der Waals surface area contributed by atoms with E-state index in [0.717, 1.165) is 16.9 Å². The van der Waals surface area contributed by atoms with Gasteiger partial charge < -0.3 is 27.4 Å². The fourth-order valence-electron chi connectivity index (χ4n) is 3.24. The molecule has 2 atom stereocenters. The summed E-state index contributed by atoms with van der Waals surface area (Å²) in [5, 5.41) is 4.44. The van der Waals surface area contributed by atoms with E-state index in [-0.39, 0.29) is 5.78 Å².